The van der Waals surface area contributed by atoms with E-state index in [9.17, 15) is 9.18 Å². The van der Waals surface area contributed by atoms with E-state index in [4.69, 9.17) is 5.11 Å². The van der Waals surface area contributed by atoms with Crippen molar-refractivity contribution >= 4 is 5.97 Å². The van der Waals surface area contributed by atoms with E-state index in [1.54, 1.807) is 6.20 Å². The molecule has 0 aromatic carbocycles. The van der Waals surface area contributed by atoms with Crippen molar-refractivity contribution in [3.8, 4) is 0 Å². The topological polar surface area (TPSA) is 53.4 Å². The highest BCUT2D eigenvalue weighted by molar-refractivity contribution is 5.69. The van der Waals surface area contributed by atoms with Crippen molar-refractivity contribution in [2.45, 2.75) is 39.3 Å². The van der Waals surface area contributed by atoms with E-state index in [1.165, 1.54) is 6.07 Å². The first-order valence-electron chi connectivity index (χ1n) is 6.03. The first-order chi connectivity index (χ1) is 8.45. The molecule has 1 heterocycles. The number of pyridine rings is 1. The summed E-state index contributed by atoms with van der Waals surface area (Å²) in [5.41, 5.74) is 0.691. The molecule has 0 aliphatic carbocycles. The highest BCUT2D eigenvalue weighted by atomic mass is 19.1. The molecule has 1 aromatic rings. The van der Waals surface area contributed by atoms with Crippen LogP contribution in [-0.4, -0.2) is 33.5 Å². The zero-order chi connectivity index (χ0) is 13.7. The quantitative estimate of drug-likeness (QED) is 0.847. The zero-order valence-electron chi connectivity index (χ0n) is 10.9. The van der Waals surface area contributed by atoms with Crippen LogP contribution in [0.1, 0.15) is 38.8 Å². The molecule has 1 N–H and O–H groups in total. The Kier molecular flexibility index (Phi) is 5.22. The van der Waals surface area contributed by atoms with Crippen molar-refractivity contribution in [2.24, 2.45) is 0 Å². The largest absolute Gasteiger partial charge is 0.480 e. The van der Waals surface area contributed by atoms with E-state index in [0.29, 0.717) is 5.56 Å². The van der Waals surface area contributed by atoms with Gasteiger partial charge in [0.05, 0.1) is 12.7 Å². The number of aromatic nitrogens is 1. The number of nitrogens with zero attached hydrogens (tertiary/aromatic N) is 2. The standard InChI is InChI=1S/C13H19FN2O2/c1-4-9(2)16(8-13(17)18)10(3)11-5-12(14)7-15-6-11/h5-7,9-10H,4,8H2,1-3H3,(H,17,18). The average Bonchev–Trinajstić information content (AvgIpc) is 2.34. The van der Waals surface area contributed by atoms with Gasteiger partial charge in [-0.15, -0.1) is 0 Å². The third-order valence-corrected chi connectivity index (χ3v) is 3.18. The van der Waals surface area contributed by atoms with Gasteiger partial charge in [0, 0.05) is 18.3 Å². The second-order valence-corrected chi connectivity index (χ2v) is 4.44. The summed E-state index contributed by atoms with van der Waals surface area (Å²) in [6.45, 7) is 5.76. The SMILES string of the molecule is CCC(C)N(CC(=O)O)C(C)c1cncc(F)c1. The Morgan fingerprint density at radius 1 is 1.50 bits per heavy atom. The summed E-state index contributed by atoms with van der Waals surface area (Å²) < 4.78 is 13.1. The van der Waals surface area contributed by atoms with E-state index < -0.39 is 11.8 Å². The zero-order valence-corrected chi connectivity index (χ0v) is 10.9. The van der Waals surface area contributed by atoms with Crippen LogP contribution in [0, 0.1) is 5.82 Å². The molecule has 0 fully saturated rings. The van der Waals surface area contributed by atoms with Gasteiger partial charge in [-0.1, -0.05) is 6.92 Å². The molecular formula is C13H19FN2O2. The molecule has 4 nitrogen and oxygen atoms in total. The van der Waals surface area contributed by atoms with Crippen molar-refractivity contribution in [3.63, 3.8) is 0 Å². The third kappa shape index (κ3) is 3.77. The van der Waals surface area contributed by atoms with Crippen LogP contribution in [-0.2, 0) is 4.79 Å². The minimum absolute atomic E-state index is 0.0628. The van der Waals surface area contributed by atoms with E-state index in [2.05, 4.69) is 4.98 Å². The van der Waals surface area contributed by atoms with Gasteiger partial charge >= 0.3 is 5.97 Å². The molecule has 0 amide bonds. The first kappa shape index (κ1) is 14.6. The van der Waals surface area contributed by atoms with Crippen LogP contribution in [0.25, 0.3) is 0 Å². The van der Waals surface area contributed by atoms with Gasteiger partial charge in [-0.05, 0) is 31.9 Å². The predicted octanol–water partition coefficient (Wildman–Crippen LogP) is 2.47. The Morgan fingerprint density at radius 2 is 2.17 bits per heavy atom. The second kappa shape index (κ2) is 6.44. The lowest BCUT2D eigenvalue weighted by Gasteiger charge is -2.32. The Balaban J connectivity index is 2.94. The maximum Gasteiger partial charge on any atom is 0.317 e. The number of carboxylic acid groups (broad SMARTS) is 1. The summed E-state index contributed by atoms with van der Waals surface area (Å²) in [7, 11) is 0. The molecule has 0 bridgehead atoms. The summed E-state index contributed by atoms with van der Waals surface area (Å²) in [5.74, 6) is -1.29. The predicted molar refractivity (Wildman–Crippen MR) is 66.7 cm³/mol. The fourth-order valence-corrected chi connectivity index (χ4v) is 1.91. The minimum atomic E-state index is -0.883. The van der Waals surface area contributed by atoms with Gasteiger partial charge in [0.25, 0.3) is 0 Å². The maximum absolute atomic E-state index is 13.1. The molecule has 100 valence electrons. The van der Waals surface area contributed by atoms with Gasteiger partial charge < -0.3 is 5.11 Å². The van der Waals surface area contributed by atoms with Crippen LogP contribution in [0.3, 0.4) is 0 Å². The number of carbonyl (C=O) groups is 1. The van der Waals surface area contributed by atoms with Gasteiger partial charge in [0.15, 0.2) is 0 Å². The summed E-state index contributed by atoms with van der Waals surface area (Å²) in [5, 5.41) is 8.95. The third-order valence-electron chi connectivity index (χ3n) is 3.18. The Morgan fingerprint density at radius 3 is 2.67 bits per heavy atom. The smallest absolute Gasteiger partial charge is 0.317 e. The maximum atomic E-state index is 13.1. The lowest BCUT2D eigenvalue weighted by Crippen LogP contribution is -2.39. The number of carboxylic acids is 1. The van der Waals surface area contributed by atoms with Crippen LogP contribution in [0.15, 0.2) is 18.5 Å². The molecule has 5 heteroatoms. The van der Waals surface area contributed by atoms with Gasteiger partial charge in [0.2, 0.25) is 0 Å². The van der Waals surface area contributed by atoms with Crippen LogP contribution in [0.2, 0.25) is 0 Å². The fraction of sp³-hybridized carbons (Fsp3) is 0.538. The molecule has 0 saturated carbocycles. The molecule has 2 atom stereocenters. The van der Waals surface area contributed by atoms with E-state index >= 15 is 0 Å². The molecule has 18 heavy (non-hydrogen) atoms. The fourth-order valence-electron chi connectivity index (χ4n) is 1.91. The number of hydrogen-bond donors (Lipinski definition) is 1. The molecular weight excluding hydrogens is 235 g/mol. The Bertz CT molecular complexity index is 412. The summed E-state index contributed by atoms with van der Waals surface area (Å²) in [4.78, 5) is 16.5. The van der Waals surface area contributed by atoms with E-state index in [0.717, 1.165) is 12.6 Å². The molecule has 1 aromatic heterocycles. The molecule has 1 rings (SSSR count). The normalized spacial score (nSPS) is 14.5. The molecule has 0 aliphatic heterocycles. The second-order valence-electron chi connectivity index (χ2n) is 4.44. The van der Waals surface area contributed by atoms with Crippen LogP contribution in [0.5, 0.6) is 0 Å². The lowest BCUT2D eigenvalue weighted by atomic mass is 10.1. The van der Waals surface area contributed by atoms with Crippen molar-refractivity contribution in [1.82, 2.24) is 9.88 Å². The van der Waals surface area contributed by atoms with Crippen LogP contribution < -0.4 is 0 Å². The molecule has 0 aliphatic rings. The summed E-state index contributed by atoms with van der Waals surface area (Å²) in [6.07, 6.45) is 3.55. The van der Waals surface area contributed by atoms with Gasteiger partial charge in [-0.3, -0.25) is 14.7 Å². The Labute approximate surface area is 106 Å². The molecule has 0 radical (unpaired) electrons. The highest BCUT2D eigenvalue weighted by Crippen LogP contribution is 2.23. The number of halogens is 1. The molecule has 0 saturated heterocycles. The molecule has 2 unspecified atom stereocenters. The Hall–Kier alpha value is -1.49. The van der Waals surface area contributed by atoms with Crippen molar-refractivity contribution in [3.05, 3.63) is 29.8 Å². The van der Waals surface area contributed by atoms with Gasteiger partial charge in [-0.25, -0.2) is 4.39 Å². The van der Waals surface area contributed by atoms with Gasteiger partial charge in [0.1, 0.15) is 5.82 Å². The summed E-state index contributed by atoms with van der Waals surface area (Å²) >= 11 is 0. The van der Waals surface area contributed by atoms with Crippen LogP contribution >= 0.6 is 0 Å². The number of hydrogen-bond acceptors (Lipinski definition) is 3. The number of aliphatic carboxylic acids is 1. The average molecular weight is 254 g/mol. The summed E-state index contributed by atoms with van der Waals surface area (Å²) in [6, 6.07) is 1.33. The van der Waals surface area contributed by atoms with E-state index in [-0.39, 0.29) is 18.6 Å². The van der Waals surface area contributed by atoms with Crippen molar-refractivity contribution in [2.75, 3.05) is 6.54 Å². The monoisotopic (exact) mass is 254 g/mol. The van der Waals surface area contributed by atoms with Crippen LogP contribution in [0.4, 0.5) is 4.39 Å². The van der Waals surface area contributed by atoms with Crippen molar-refractivity contribution < 1.29 is 14.3 Å². The first-order valence-corrected chi connectivity index (χ1v) is 6.03. The molecule has 0 spiro atoms. The highest BCUT2D eigenvalue weighted by Gasteiger charge is 2.23. The van der Waals surface area contributed by atoms with Gasteiger partial charge in [-0.2, -0.15) is 0 Å². The number of rotatable bonds is 6. The lowest BCUT2D eigenvalue weighted by molar-refractivity contribution is -0.139. The van der Waals surface area contributed by atoms with Crippen molar-refractivity contribution in [1.29, 1.82) is 0 Å². The minimum Gasteiger partial charge on any atom is -0.480 e. The van der Waals surface area contributed by atoms with E-state index in [1.807, 2.05) is 25.7 Å².